The first-order valence-electron chi connectivity index (χ1n) is 17.1. The second-order valence-electron chi connectivity index (χ2n) is 12.3. The molecule has 276 valence electrons. The van der Waals surface area contributed by atoms with Gasteiger partial charge in [0, 0.05) is 0 Å². The summed E-state index contributed by atoms with van der Waals surface area (Å²) in [6.45, 7) is 0.531. The monoisotopic (exact) mass is 732 g/mol. The highest BCUT2D eigenvalue weighted by molar-refractivity contribution is 5.94. The van der Waals surface area contributed by atoms with E-state index in [1.807, 2.05) is 91.0 Å². The number of benzene rings is 3. The van der Waals surface area contributed by atoms with E-state index in [1.165, 1.54) is 18.8 Å². The standard InChI is InChI=1S/C39H36N6O9/c46-34-28-23-53-38(44-28)32(20-50-17-26-12-6-2-7-13-26)42-36(48)30-24-54-39(45-30)33(21-51-18-27-14-8-3-9-15-27)41-35(47)29-22-52-37(43-29)31(40-34)19-49-16-25-10-4-1-5-11-25/h1-15,22-24,31-33H,16-21H2,(H,40,46)(H,41,47)(H,42,48)/t31-,32-,33-/m0/s1. The van der Waals surface area contributed by atoms with Crippen molar-refractivity contribution in [3.63, 3.8) is 0 Å². The van der Waals surface area contributed by atoms with E-state index in [0.717, 1.165) is 16.7 Å². The maximum atomic E-state index is 13.6. The largest absolute Gasteiger partial charge is 0.446 e. The van der Waals surface area contributed by atoms with E-state index < -0.39 is 35.8 Å². The van der Waals surface area contributed by atoms with Crippen LogP contribution < -0.4 is 16.0 Å². The quantitative estimate of drug-likeness (QED) is 0.152. The fourth-order valence-corrected chi connectivity index (χ4v) is 5.48. The molecule has 0 saturated heterocycles. The van der Waals surface area contributed by atoms with Gasteiger partial charge in [-0.2, -0.15) is 0 Å². The van der Waals surface area contributed by atoms with Crippen LogP contribution in [0, 0.1) is 0 Å². The predicted molar refractivity (Wildman–Crippen MR) is 188 cm³/mol. The molecule has 15 heteroatoms. The van der Waals surface area contributed by atoms with Crippen LogP contribution in [0.25, 0.3) is 0 Å². The van der Waals surface area contributed by atoms with Crippen molar-refractivity contribution in [2.75, 3.05) is 19.8 Å². The molecule has 15 nitrogen and oxygen atoms in total. The summed E-state index contributed by atoms with van der Waals surface area (Å²) in [5, 5.41) is 8.45. The molecule has 0 saturated carbocycles. The third-order valence-electron chi connectivity index (χ3n) is 8.26. The van der Waals surface area contributed by atoms with E-state index in [-0.39, 0.29) is 74.4 Å². The first-order valence-corrected chi connectivity index (χ1v) is 17.1. The Morgan fingerprint density at radius 3 is 1.00 bits per heavy atom. The van der Waals surface area contributed by atoms with Crippen LogP contribution in [-0.2, 0) is 34.0 Å². The molecular weight excluding hydrogens is 696 g/mol. The number of hydrogen-bond acceptors (Lipinski definition) is 12. The average Bonchev–Trinajstić information content (AvgIpc) is 4.00. The summed E-state index contributed by atoms with van der Waals surface area (Å²) in [4.78, 5) is 53.9. The second kappa shape index (κ2) is 17.4. The number of hydrogen-bond donors (Lipinski definition) is 3. The number of fused-ring (bicyclic) bond motifs is 6. The van der Waals surface area contributed by atoms with Gasteiger partial charge in [0.25, 0.3) is 17.7 Å². The van der Waals surface area contributed by atoms with Gasteiger partial charge in [0.05, 0.1) is 39.6 Å². The molecule has 0 unspecified atom stereocenters. The number of amides is 3. The van der Waals surface area contributed by atoms with Crippen molar-refractivity contribution in [2.24, 2.45) is 0 Å². The lowest BCUT2D eigenvalue weighted by atomic mass is 10.2. The lowest BCUT2D eigenvalue weighted by molar-refractivity contribution is 0.0746. The van der Waals surface area contributed by atoms with Crippen LogP contribution in [0.3, 0.4) is 0 Å². The number of carbonyl (C=O) groups is 3. The molecule has 1 aliphatic heterocycles. The summed E-state index contributed by atoms with van der Waals surface area (Å²) in [6, 6.07) is 25.6. The third-order valence-corrected chi connectivity index (χ3v) is 8.26. The average molecular weight is 733 g/mol. The minimum Gasteiger partial charge on any atom is -0.446 e. The van der Waals surface area contributed by atoms with Gasteiger partial charge in [0.15, 0.2) is 17.1 Å². The molecule has 4 heterocycles. The number of rotatable bonds is 12. The summed E-state index contributed by atoms with van der Waals surface area (Å²) < 4.78 is 35.0. The van der Waals surface area contributed by atoms with Gasteiger partial charge in [-0.15, -0.1) is 0 Å². The molecule has 7 rings (SSSR count). The molecule has 3 aromatic heterocycles. The van der Waals surface area contributed by atoms with Crippen molar-refractivity contribution in [1.29, 1.82) is 0 Å². The van der Waals surface area contributed by atoms with Crippen molar-refractivity contribution in [2.45, 2.75) is 37.9 Å². The van der Waals surface area contributed by atoms with Crippen LogP contribution in [-0.4, -0.2) is 52.5 Å². The number of aromatic nitrogens is 3. The van der Waals surface area contributed by atoms with Crippen LogP contribution >= 0.6 is 0 Å². The van der Waals surface area contributed by atoms with E-state index in [9.17, 15) is 14.4 Å². The van der Waals surface area contributed by atoms with E-state index in [2.05, 4.69) is 30.9 Å². The Kier molecular flexibility index (Phi) is 11.6. The van der Waals surface area contributed by atoms with Gasteiger partial charge in [0.1, 0.15) is 36.9 Å². The number of nitrogens with zero attached hydrogens (tertiary/aromatic N) is 3. The van der Waals surface area contributed by atoms with Gasteiger partial charge in [0.2, 0.25) is 17.7 Å². The van der Waals surface area contributed by atoms with Crippen molar-refractivity contribution >= 4 is 17.7 Å². The number of carbonyl (C=O) groups excluding carboxylic acids is 3. The number of nitrogens with one attached hydrogen (secondary N) is 3. The zero-order valence-electron chi connectivity index (χ0n) is 28.9. The lowest BCUT2D eigenvalue weighted by Gasteiger charge is -2.17. The second-order valence-corrected chi connectivity index (χ2v) is 12.3. The van der Waals surface area contributed by atoms with Crippen molar-refractivity contribution in [3.8, 4) is 0 Å². The first kappa shape index (κ1) is 36.0. The molecule has 6 aromatic rings. The van der Waals surface area contributed by atoms with Crippen LogP contribution in [0.5, 0.6) is 0 Å². The molecule has 0 spiro atoms. The smallest absolute Gasteiger partial charge is 0.273 e. The summed E-state index contributed by atoms with van der Waals surface area (Å²) in [7, 11) is 0. The Bertz CT molecular complexity index is 1890. The van der Waals surface area contributed by atoms with E-state index in [0.29, 0.717) is 0 Å². The van der Waals surface area contributed by atoms with E-state index >= 15 is 0 Å². The maximum absolute atomic E-state index is 13.6. The molecule has 0 fully saturated rings. The third kappa shape index (κ3) is 9.32. The fourth-order valence-electron chi connectivity index (χ4n) is 5.48. The van der Waals surface area contributed by atoms with Gasteiger partial charge in [-0.25, -0.2) is 15.0 Å². The van der Waals surface area contributed by atoms with E-state index in [4.69, 9.17) is 27.5 Å². The highest BCUT2D eigenvalue weighted by Gasteiger charge is 2.30. The Labute approximate surface area is 309 Å². The molecule has 0 aliphatic carbocycles. The summed E-state index contributed by atoms with van der Waals surface area (Å²) in [5.74, 6) is -1.88. The Morgan fingerprint density at radius 1 is 0.444 bits per heavy atom. The van der Waals surface area contributed by atoms with Crippen LogP contribution in [0.4, 0.5) is 0 Å². The Morgan fingerprint density at radius 2 is 0.722 bits per heavy atom. The lowest BCUT2D eigenvalue weighted by Crippen LogP contribution is -2.34. The predicted octanol–water partition coefficient (Wildman–Crippen LogP) is 5.03. The highest BCUT2D eigenvalue weighted by atomic mass is 16.5. The van der Waals surface area contributed by atoms with Crippen LogP contribution in [0.15, 0.2) is 123 Å². The van der Waals surface area contributed by atoms with Gasteiger partial charge >= 0.3 is 0 Å². The van der Waals surface area contributed by atoms with Gasteiger partial charge < -0.3 is 43.4 Å². The van der Waals surface area contributed by atoms with Gasteiger partial charge in [-0.3, -0.25) is 14.4 Å². The SMILES string of the molecule is O=C1N[C@@H](COCc2ccccc2)c2nc(co2)C(=O)N[C@@H](COCc2ccccc2)c2nc(co2)C(=O)N[C@@H](COCc2ccccc2)c2nc1co2. The van der Waals surface area contributed by atoms with Gasteiger partial charge in [-0.1, -0.05) is 91.0 Å². The molecule has 6 bridgehead atoms. The maximum Gasteiger partial charge on any atom is 0.273 e. The molecule has 1 aliphatic rings. The fraction of sp³-hybridized carbons (Fsp3) is 0.231. The first-order chi connectivity index (χ1) is 26.5. The molecule has 3 amide bonds. The summed E-state index contributed by atoms with van der Waals surface area (Å²) in [6.07, 6.45) is 3.50. The summed E-state index contributed by atoms with van der Waals surface area (Å²) >= 11 is 0. The topological polar surface area (TPSA) is 193 Å². The molecular formula is C39H36N6O9. The Hall–Kier alpha value is -6.42. The van der Waals surface area contributed by atoms with Crippen LogP contribution in [0.1, 0.15) is 84.0 Å². The molecule has 3 atom stereocenters. The number of ether oxygens (including phenoxy) is 3. The molecule has 0 radical (unpaired) electrons. The van der Waals surface area contributed by atoms with Crippen molar-refractivity contribution in [3.05, 3.63) is 161 Å². The van der Waals surface area contributed by atoms with Gasteiger partial charge in [-0.05, 0) is 16.7 Å². The van der Waals surface area contributed by atoms with Crippen molar-refractivity contribution in [1.82, 2.24) is 30.9 Å². The minimum absolute atomic E-state index is 0.0149. The minimum atomic E-state index is -0.939. The zero-order chi connectivity index (χ0) is 37.1. The van der Waals surface area contributed by atoms with E-state index in [1.54, 1.807) is 0 Å². The molecule has 54 heavy (non-hydrogen) atoms. The number of oxazole rings is 3. The summed E-state index contributed by atoms with van der Waals surface area (Å²) in [5.41, 5.74) is 2.47. The normalized spacial score (nSPS) is 17.6. The molecule has 3 aromatic carbocycles. The Balaban J connectivity index is 1.17. The van der Waals surface area contributed by atoms with Crippen LogP contribution in [0.2, 0.25) is 0 Å². The highest BCUT2D eigenvalue weighted by Crippen LogP contribution is 2.21. The zero-order valence-corrected chi connectivity index (χ0v) is 28.9. The molecule has 3 N–H and O–H groups in total. The van der Waals surface area contributed by atoms with Crippen molar-refractivity contribution < 1.29 is 41.8 Å².